The summed E-state index contributed by atoms with van der Waals surface area (Å²) in [6.45, 7) is 0. The quantitative estimate of drug-likeness (QED) is 0.730. The van der Waals surface area contributed by atoms with E-state index in [2.05, 4.69) is 34.7 Å². The first kappa shape index (κ1) is 13.8. The summed E-state index contributed by atoms with van der Waals surface area (Å²) < 4.78 is 0.970. The molecule has 0 fully saturated rings. The van der Waals surface area contributed by atoms with Crippen molar-refractivity contribution in [2.45, 2.75) is 5.92 Å². The molecular weight excluding hydrogens is 371 g/mol. The normalized spacial score (nSPS) is 16.2. The van der Waals surface area contributed by atoms with E-state index in [9.17, 15) is 10.5 Å². The van der Waals surface area contributed by atoms with Gasteiger partial charge in [0, 0.05) is 3.57 Å². The second kappa shape index (κ2) is 5.55. The molecule has 0 saturated heterocycles. The highest BCUT2D eigenvalue weighted by Crippen LogP contribution is 2.43. The minimum absolute atomic E-state index is 0.364. The van der Waals surface area contributed by atoms with Gasteiger partial charge in [-0.05, 0) is 34.2 Å². The molecule has 0 amide bonds. The van der Waals surface area contributed by atoms with E-state index in [0.29, 0.717) is 21.2 Å². The van der Waals surface area contributed by atoms with E-state index in [1.54, 1.807) is 0 Å². The van der Waals surface area contributed by atoms with Gasteiger partial charge in [-0.25, -0.2) is 0 Å². The highest BCUT2D eigenvalue weighted by Gasteiger charge is 2.32. The molecular formula is C13H9IN4S. The topological polar surface area (TPSA) is 99.6 Å². The molecule has 4 nitrogen and oxygen atoms in total. The van der Waals surface area contributed by atoms with Gasteiger partial charge in [-0.3, -0.25) is 0 Å². The molecule has 1 heterocycles. The average molecular weight is 380 g/mol. The van der Waals surface area contributed by atoms with Crippen LogP contribution in [0.4, 0.5) is 0 Å². The van der Waals surface area contributed by atoms with Gasteiger partial charge in [0.15, 0.2) is 0 Å². The van der Waals surface area contributed by atoms with Crippen LogP contribution in [0.5, 0.6) is 0 Å². The second-order valence-corrected chi connectivity index (χ2v) is 6.08. The summed E-state index contributed by atoms with van der Waals surface area (Å²) >= 11 is 3.26. The fraction of sp³-hybridized carbons (Fsp3) is 0.0769. The number of hydrogen-bond acceptors (Lipinski definition) is 5. The molecule has 1 aromatic carbocycles. The fourth-order valence-electron chi connectivity index (χ4n) is 1.92. The van der Waals surface area contributed by atoms with E-state index in [0.717, 1.165) is 20.9 Å². The van der Waals surface area contributed by atoms with E-state index in [1.165, 1.54) is 0 Å². The summed E-state index contributed by atoms with van der Waals surface area (Å²) in [6.07, 6.45) is 0. The smallest absolute Gasteiger partial charge is 0.0985 e. The van der Waals surface area contributed by atoms with Crippen molar-refractivity contribution in [3.05, 3.63) is 54.6 Å². The summed E-state index contributed by atoms with van der Waals surface area (Å²) in [6, 6.07) is 11.8. The van der Waals surface area contributed by atoms with E-state index < -0.39 is 5.92 Å². The lowest BCUT2D eigenvalue weighted by molar-refractivity contribution is 0.950. The Balaban J connectivity index is 2.69. The average Bonchev–Trinajstić information content (AvgIpc) is 2.38. The lowest BCUT2D eigenvalue weighted by atomic mass is 9.86. The predicted octanol–water partition coefficient (Wildman–Crippen LogP) is 2.51. The van der Waals surface area contributed by atoms with Gasteiger partial charge < -0.3 is 11.5 Å². The van der Waals surface area contributed by atoms with Crippen LogP contribution < -0.4 is 11.5 Å². The number of benzene rings is 1. The molecule has 19 heavy (non-hydrogen) atoms. The van der Waals surface area contributed by atoms with E-state index in [4.69, 9.17) is 11.5 Å². The van der Waals surface area contributed by atoms with Gasteiger partial charge in [0.05, 0.1) is 39.3 Å². The van der Waals surface area contributed by atoms with Crippen LogP contribution >= 0.6 is 34.4 Å². The van der Waals surface area contributed by atoms with Crippen molar-refractivity contribution in [2.24, 2.45) is 11.5 Å². The van der Waals surface area contributed by atoms with Gasteiger partial charge in [0.1, 0.15) is 0 Å². The van der Waals surface area contributed by atoms with Gasteiger partial charge in [-0.2, -0.15) is 10.5 Å². The molecule has 0 bridgehead atoms. The minimum Gasteiger partial charge on any atom is -0.392 e. The molecule has 2 rings (SSSR count). The van der Waals surface area contributed by atoms with Crippen molar-refractivity contribution >= 4 is 34.4 Å². The Bertz CT molecular complexity index is 643. The zero-order chi connectivity index (χ0) is 14.0. The molecule has 0 saturated carbocycles. The standard InChI is InChI=1S/C13H9IN4S/c14-10-4-2-1-3-7(10)11-8(5-15)12(17)19-13(18)9(11)6-16/h1-4,11H,17-18H2. The van der Waals surface area contributed by atoms with Crippen LogP contribution in [0.25, 0.3) is 0 Å². The largest absolute Gasteiger partial charge is 0.392 e. The second-order valence-electron chi connectivity index (χ2n) is 3.84. The summed E-state index contributed by atoms with van der Waals surface area (Å²) in [5.74, 6) is -0.468. The van der Waals surface area contributed by atoms with Crippen molar-refractivity contribution in [1.82, 2.24) is 0 Å². The Morgan fingerprint density at radius 1 is 1.05 bits per heavy atom. The van der Waals surface area contributed by atoms with Crippen LogP contribution in [0, 0.1) is 26.2 Å². The molecule has 6 heteroatoms. The zero-order valence-corrected chi connectivity index (χ0v) is 12.7. The number of nitriles is 2. The molecule has 0 aliphatic carbocycles. The number of hydrogen-bond donors (Lipinski definition) is 2. The van der Waals surface area contributed by atoms with Crippen molar-refractivity contribution < 1.29 is 0 Å². The molecule has 1 aliphatic rings. The minimum atomic E-state index is -0.468. The number of rotatable bonds is 1. The first-order chi connectivity index (χ1) is 9.10. The maximum absolute atomic E-state index is 9.31. The Hall–Kier alpha value is -1.64. The van der Waals surface area contributed by atoms with Crippen molar-refractivity contribution in [3.63, 3.8) is 0 Å². The summed E-state index contributed by atoms with van der Waals surface area (Å²) in [4.78, 5) is 0. The molecule has 94 valence electrons. The Morgan fingerprint density at radius 3 is 2.05 bits per heavy atom. The maximum atomic E-state index is 9.31. The third kappa shape index (κ3) is 2.42. The lowest BCUT2D eigenvalue weighted by Gasteiger charge is -2.24. The Labute approximate surface area is 128 Å². The molecule has 0 aromatic heterocycles. The molecule has 0 unspecified atom stereocenters. The number of halogens is 1. The SMILES string of the molecule is N#CC1=C(N)SC(N)=C(C#N)C1c1ccccc1I. The maximum Gasteiger partial charge on any atom is 0.0985 e. The molecule has 0 atom stereocenters. The summed E-state index contributed by atoms with van der Waals surface area (Å²) in [5, 5.41) is 19.3. The van der Waals surface area contributed by atoms with E-state index in [1.807, 2.05) is 24.3 Å². The molecule has 1 aromatic rings. The number of nitrogens with two attached hydrogens (primary N) is 2. The fourth-order valence-corrected chi connectivity index (χ4v) is 3.40. The highest BCUT2D eigenvalue weighted by molar-refractivity contribution is 14.1. The van der Waals surface area contributed by atoms with E-state index in [-0.39, 0.29) is 0 Å². The molecule has 1 aliphatic heterocycles. The monoisotopic (exact) mass is 380 g/mol. The molecule has 4 N–H and O–H groups in total. The number of thioether (sulfide) groups is 1. The van der Waals surface area contributed by atoms with Gasteiger partial charge in [0.25, 0.3) is 0 Å². The van der Waals surface area contributed by atoms with Crippen LogP contribution in [0.2, 0.25) is 0 Å². The summed E-state index contributed by atoms with van der Waals surface area (Å²) in [5.41, 5.74) is 13.4. The van der Waals surface area contributed by atoms with Gasteiger partial charge in [-0.15, -0.1) is 0 Å². The highest BCUT2D eigenvalue weighted by atomic mass is 127. The van der Waals surface area contributed by atoms with Gasteiger partial charge >= 0.3 is 0 Å². The molecule has 0 radical (unpaired) electrons. The Kier molecular flexibility index (Phi) is 4.03. The van der Waals surface area contributed by atoms with Crippen LogP contribution in [-0.2, 0) is 0 Å². The third-order valence-electron chi connectivity index (χ3n) is 2.79. The number of nitrogens with zero attached hydrogens (tertiary/aromatic N) is 2. The van der Waals surface area contributed by atoms with Gasteiger partial charge in [0.2, 0.25) is 0 Å². The Morgan fingerprint density at radius 2 is 1.58 bits per heavy atom. The van der Waals surface area contributed by atoms with Gasteiger partial charge in [-0.1, -0.05) is 30.0 Å². The van der Waals surface area contributed by atoms with E-state index >= 15 is 0 Å². The molecule has 0 spiro atoms. The lowest BCUT2D eigenvalue weighted by Crippen LogP contribution is -2.18. The third-order valence-corrected chi connectivity index (χ3v) is 4.65. The number of allylic oxidation sites excluding steroid dienone is 2. The summed E-state index contributed by atoms with van der Waals surface area (Å²) in [7, 11) is 0. The zero-order valence-electron chi connectivity index (χ0n) is 9.72. The van der Waals surface area contributed by atoms with Crippen LogP contribution in [-0.4, -0.2) is 0 Å². The first-order valence-corrected chi connectivity index (χ1v) is 7.21. The first-order valence-electron chi connectivity index (χ1n) is 5.32. The van der Waals surface area contributed by atoms with Crippen molar-refractivity contribution in [3.8, 4) is 12.1 Å². The van der Waals surface area contributed by atoms with Crippen molar-refractivity contribution in [2.75, 3.05) is 0 Å². The van der Waals surface area contributed by atoms with Crippen LogP contribution in [0.15, 0.2) is 45.5 Å². The van der Waals surface area contributed by atoms with Crippen LogP contribution in [0.1, 0.15) is 11.5 Å². The van der Waals surface area contributed by atoms with Crippen LogP contribution in [0.3, 0.4) is 0 Å². The predicted molar refractivity (Wildman–Crippen MR) is 83.1 cm³/mol. The van der Waals surface area contributed by atoms with Crippen molar-refractivity contribution in [1.29, 1.82) is 10.5 Å².